The van der Waals surface area contributed by atoms with Crippen molar-refractivity contribution in [3.05, 3.63) is 29.6 Å². The second-order valence-corrected chi connectivity index (χ2v) is 5.73. The summed E-state index contributed by atoms with van der Waals surface area (Å²) >= 11 is 0. The Bertz CT molecular complexity index is 455. The average molecular weight is 282 g/mol. The first-order chi connectivity index (χ1) is 9.32. The molecular formula is C15H23FN2O2. The monoisotopic (exact) mass is 282 g/mol. The van der Waals surface area contributed by atoms with Crippen LogP contribution in [-0.2, 0) is 0 Å². The molecule has 0 bridgehead atoms. The zero-order chi connectivity index (χ0) is 15.3. The van der Waals surface area contributed by atoms with Crippen molar-refractivity contribution in [1.82, 2.24) is 4.90 Å². The number of benzene rings is 1. The molecule has 0 saturated carbocycles. The van der Waals surface area contributed by atoms with Crippen molar-refractivity contribution in [3.63, 3.8) is 0 Å². The number of carbonyl (C=O) groups is 1. The predicted molar refractivity (Wildman–Crippen MR) is 77.1 cm³/mol. The lowest BCUT2D eigenvalue weighted by molar-refractivity contribution is 0.0681. The third kappa shape index (κ3) is 3.93. The summed E-state index contributed by atoms with van der Waals surface area (Å²) in [5, 5.41) is 9.72. The Labute approximate surface area is 119 Å². The van der Waals surface area contributed by atoms with Gasteiger partial charge in [-0.15, -0.1) is 0 Å². The number of nitrogens with two attached hydrogens (primary N) is 1. The number of aromatic hydroxyl groups is 1. The fourth-order valence-electron chi connectivity index (χ4n) is 1.99. The van der Waals surface area contributed by atoms with Crippen LogP contribution < -0.4 is 5.73 Å². The summed E-state index contributed by atoms with van der Waals surface area (Å²) in [5.74, 6) is -1.53. The molecule has 0 saturated heterocycles. The minimum atomic E-state index is -0.707. The van der Waals surface area contributed by atoms with Gasteiger partial charge in [-0.1, -0.05) is 26.8 Å². The fraction of sp³-hybridized carbons (Fsp3) is 0.533. The van der Waals surface area contributed by atoms with Crippen molar-refractivity contribution in [2.75, 3.05) is 19.6 Å². The van der Waals surface area contributed by atoms with Crippen molar-refractivity contribution in [2.24, 2.45) is 11.1 Å². The molecule has 0 aliphatic rings. The number of phenols is 1. The molecule has 0 aliphatic heterocycles. The Morgan fingerprint density at radius 2 is 2.10 bits per heavy atom. The standard InChI is InChI=1S/C15H23FN2O2/c1-4-8-18(10-15(2,3)9-17)14(20)13-11(16)6-5-7-12(13)19/h5-7,19H,4,8-10,17H2,1-3H3. The number of phenolic OH excluding ortho intramolecular Hbond substituents is 1. The van der Waals surface area contributed by atoms with E-state index in [-0.39, 0.29) is 16.7 Å². The Balaban J connectivity index is 3.06. The molecule has 0 fully saturated rings. The second-order valence-electron chi connectivity index (χ2n) is 5.73. The van der Waals surface area contributed by atoms with Gasteiger partial charge in [0.15, 0.2) is 0 Å². The highest BCUT2D eigenvalue weighted by atomic mass is 19.1. The molecule has 0 heterocycles. The van der Waals surface area contributed by atoms with Gasteiger partial charge >= 0.3 is 0 Å². The van der Waals surface area contributed by atoms with Crippen LogP contribution in [0.2, 0.25) is 0 Å². The Morgan fingerprint density at radius 3 is 2.60 bits per heavy atom. The van der Waals surface area contributed by atoms with E-state index in [4.69, 9.17) is 5.73 Å². The summed E-state index contributed by atoms with van der Waals surface area (Å²) in [4.78, 5) is 14.0. The molecule has 0 unspecified atom stereocenters. The molecule has 0 aliphatic carbocycles. The molecule has 5 heteroatoms. The molecule has 3 N–H and O–H groups in total. The van der Waals surface area contributed by atoms with E-state index >= 15 is 0 Å². The van der Waals surface area contributed by atoms with Gasteiger partial charge in [0.25, 0.3) is 5.91 Å². The lowest BCUT2D eigenvalue weighted by atomic mass is 9.92. The van der Waals surface area contributed by atoms with Gasteiger partial charge in [0.2, 0.25) is 0 Å². The average Bonchev–Trinajstić information content (AvgIpc) is 2.37. The zero-order valence-corrected chi connectivity index (χ0v) is 12.3. The van der Waals surface area contributed by atoms with Gasteiger partial charge in [-0.2, -0.15) is 0 Å². The van der Waals surface area contributed by atoms with Gasteiger partial charge in [-0.25, -0.2) is 4.39 Å². The van der Waals surface area contributed by atoms with Gasteiger partial charge in [-0.05, 0) is 30.5 Å². The summed E-state index contributed by atoms with van der Waals surface area (Å²) in [6.07, 6.45) is 0.752. The fourth-order valence-corrected chi connectivity index (χ4v) is 1.99. The number of nitrogens with zero attached hydrogens (tertiary/aromatic N) is 1. The normalized spacial score (nSPS) is 11.4. The SMILES string of the molecule is CCCN(CC(C)(C)CN)C(=O)c1c(O)cccc1F. The van der Waals surface area contributed by atoms with E-state index in [9.17, 15) is 14.3 Å². The summed E-state index contributed by atoms with van der Waals surface area (Å²) < 4.78 is 13.8. The van der Waals surface area contributed by atoms with Crippen LogP contribution in [0.1, 0.15) is 37.6 Å². The smallest absolute Gasteiger partial charge is 0.260 e. The largest absolute Gasteiger partial charge is 0.507 e. The molecule has 1 rings (SSSR count). The van der Waals surface area contributed by atoms with E-state index in [0.29, 0.717) is 19.6 Å². The molecule has 20 heavy (non-hydrogen) atoms. The van der Waals surface area contributed by atoms with Gasteiger partial charge in [-0.3, -0.25) is 4.79 Å². The minimum Gasteiger partial charge on any atom is -0.507 e. The van der Waals surface area contributed by atoms with Crippen molar-refractivity contribution in [3.8, 4) is 5.75 Å². The maximum Gasteiger partial charge on any atom is 0.260 e. The van der Waals surface area contributed by atoms with Crippen molar-refractivity contribution in [1.29, 1.82) is 0 Å². The van der Waals surface area contributed by atoms with Crippen LogP contribution in [0.15, 0.2) is 18.2 Å². The number of rotatable bonds is 6. The summed E-state index contributed by atoms with van der Waals surface area (Å²) in [5.41, 5.74) is 5.16. The Kier molecular flexibility index (Phi) is 5.51. The van der Waals surface area contributed by atoms with Crippen LogP contribution >= 0.6 is 0 Å². The predicted octanol–water partition coefficient (Wildman–Crippen LogP) is 2.37. The molecule has 112 valence electrons. The first-order valence-corrected chi connectivity index (χ1v) is 6.79. The summed E-state index contributed by atoms with van der Waals surface area (Å²) in [6.45, 7) is 7.18. The highest BCUT2D eigenvalue weighted by molar-refractivity contribution is 5.97. The van der Waals surface area contributed by atoms with E-state index in [1.54, 1.807) is 4.90 Å². The van der Waals surface area contributed by atoms with E-state index in [2.05, 4.69) is 0 Å². The molecular weight excluding hydrogens is 259 g/mol. The van der Waals surface area contributed by atoms with E-state index < -0.39 is 11.7 Å². The molecule has 0 radical (unpaired) electrons. The molecule has 1 amide bonds. The van der Waals surface area contributed by atoms with Crippen molar-refractivity contribution < 1.29 is 14.3 Å². The van der Waals surface area contributed by atoms with Gasteiger partial charge in [0.05, 0.1) is 0 Å². The molecule has 4 nitrogen and oxygen atoms in total. The lowest BCUT2D eigenvalue weighted by Gasteiger charge is -2.32. The number of hydrogen-bond acceptors (Lipinski definition) is 3. The Morgan fingerprint density at radius 1 is 1.45 bits per heavy atom. The molecule has 0 aromatic heterocycles. The lowest BCUT2D eigenvalue weighted by Crippen LogP contribution is -2.42. The third-order valence-electron chi connectivity index (χ3n) is 3.16. The van der Waals surface area contributed by atoms with Crippen LogP contribution in [0.3, 0.4) is 0 Å². The van der Waals surface area contributed by atoms with Crippen LogP contribution in [0, 0.1) is 11.2 Å². The number of halogens is 1. The van der Waals surface area contributed by atoms with Crippen LogP contribution in [0.25, 0.3) is 0 Å². The van der Waals surface area contributed by atoms with Crippen LogP contribution in [0.5, 0.6) is 5.75 Å². The summed E-state index contributed by atoms with van der Waals surface area (Å²) in [7, 11) is 0. The Hall–Kier alpha value is -1.62. The van der Waals surface area contributed by atoms with E-state index in [1.165, 1.54) is 18.2 Å². The third-order valence-corrected chi connectivity index (χ3v) is 3.16. The van der Waals surface area contributed by atoms with Gasteiger partial charge in [0.1, 0.15) is 17.1 Å². The first kappa shape index (κ1) is 16.4. The number of carbonyl (C=O) groups excluding carboxylic acids is 1. The van der Waals surface area contributed by atoms with Crippen molar-refractivity contribution in [2.45, 2.75) is 27.2 Å². The highest BCUT2D eigenvalue weighted by Gasteiger charge is 2.27. The van der Waals surface area contributed by atoms with E-state index in [0.717, 1.165) is 6.42 Å². The van der Waals surface area contributed by atoms with Gasteiger partial charge < -0.3 is 15.7 Å². The molecule has 1 aromatic carbocycles. The van der Waals surface area contributed by atoms with Crippen molar-refractivity contribution >= 4 is 5.91 Å². The maximum absolute atomic E-state index is 13.8. The number of amides is 1. The van der Waals surface area contributed by atoms with Crippen LogP contribution in [-0.4, -0.2) is 35.5 Å². The second kappa shape index (κ2) is 6.70. The minimum absolute atomic E-state index is 0.258. The topological polar surface area (TPSA) is 66.6 Å². The van der Waals surface area contributed by atoms with Crippen LogP contribution in [0.4, 0.5) is 4.39 Å². The summed E-state index contributed by atoms with van der Waals surface area (Å²) in [6, 6.07) is 3.86. The highest BCUT2D eigenvalue weighted by Crippen LogP contribution is 2.24. The maximum atomic E-state index is 13.8. The zero-order valence-electron chi connectivity index (χ0n) is 12.3. The quantitative estimate of drug-likeness (QED) is 0.841. The molecule has 1 aromatic rings. The van der Waals surface area contributed by atoms with E-state index in [1.807, 2.05) is 20.8 Å². The van der Waals surface area contributed by atoms with Gasteiger partial charge in [0, 0.05) is 13.1 Å². The molecule has 0 spiro atoms. The molecule has 0 atom stereocenters. The first-order valence-electron chi connectivity index (χ1n) is 6.79. The number of hydrogen-bond donors (Lipinski definition) is 2.